The van der Waals surface area contributed by atoms with Crippen molar-refractivity contribution in [1.29, 1.82) is 0 Å². The van der Waals surface area contributed by atoms with Crippen LogP contribution in [0.15, 0.2) is 70.8 Å². The predicted molar refractivity (Wildman–Crippen MR) is 115 cm³/mol. The van der Waals surface area contributed by atoms with Gasteiger partial charge in [0.05, 0.1) is 22.0 Å². The zero-order chi connectivity index (χ0) is 23.5. The zero-order valence-electron chi connectivity index (χ0n) is 16.7. The molecule has 7 nitrogen and oxygen atoms in total. The van der Waals surface area contributed by atoms with E-state index in [9.17, 15) is 26.4 Å². The molecule has 0 aliphatic heterocycles. The van der Waals surface area contributed by atoms with Crippen LogP contribution in [-0.2, 0) is 21.4 Å². The SMILES string of the molecule is CC(Sc1ncc(-c2ccccc2)n1CC(F)(F)F)C(=O)Nc1cccc(S(N)(=O)=O)c1. The fourth-order valence-corrected chi connectivity index (χ4v) is 4.28. The molecule has 0 saturated carbocycles. The number of benzene rings is 2. The summed E-state index contributed by atoms with van der Waals surface area (Å²) in [4.78, 5) is 16.5. The predicted octanol–water partition coefficient (Wildman–Crippen LogP) is 3.88. The van der Waals surface area contributed by atoms with E-state index in [1.165, 1.54) is 37.4 Å². The van der Waals surface area contributed by atoms with Crippen LogP contribution in [0.25, 0.3) is 11.3 Å². The van der Waals surface area contributed by atoms with Crippen molar-refractivity contribution in [3.05, 3.63) is 60.8 Å². The number of sulfonamides is 1. The van der Waals surface area contributed by atoms with Gasteiger partial charge in [-0.1, -0.05) is 48.2 Å². The summed E-state index contributed by atoms with van der Waals surface area (Å²) in [6.07, 6.45) is -3.15. The maximum atomic E-state index is 13.2. The Kier molecular flexibility index (Phi) is 6.96. The van der Waals surface area contributed by atoms with Crippen molar-refractivity contribution < 1.29 is 26.4 Å². The average Bonchev–Trinajstić information content (AvgIpc) is 3.08. The number of imidazole rings is 1. The number of aromatic nitrogens is 2. The Labute approximate surface area is 186 Å². The molecule has 12 heteroatoms. The molecule has 0 radical (unpaired) electrons. The molecule has 32 heavy (non-hydrogen) atoms. The van der Waals surface area contributed by atoms with Gasteiger partial charge >= 0.3 is 6.18 Å². The quantitative estimate of drug-likeness (QED) is 0.495. The molecule has 3 rings (SSSR count). The smallest absolute Gasteiger partial charge is 0.325 e. The molecule has 2 aromatic carbocycles. The van der Waals surface area contributed by atoms with Gasteiger partial charge in [-0.05, 0) is 30.7 Å². The maximum Gasteiger partial charge on any atom is 0.406 e. The van der Waals surface area contributed by atoms with Gasteiger partial charge in [-0.2, -0.15) is 13.2 Å². The lowest BCUT2D eigenvalue weighted by atomic mass is 10.2. The Morgan fingerprint density at radius 3 is 2.50 bits per heavy atom. The highest BCUT2D eigenvalue weighted by Crippen LogP contribution is 2.32. The first kappa shape index (κ1) is 23.8. The number of nitrogens with two attached hydrogens (primary N) is 1. The van der Waals surface area contributed by atoms with E-state index in [-0.39, 0.29) is 21.4 Å². The van der Waals surface area contributed by atoms with Crippen LogP contribution < -0.4 is 10.5 Å². The van der Waals surface area contributed by atoms with Crippen molar-refractivity contribution in [2.75, 3.05) is 5.32 Å². The Bertz CT molecular complexity index is 1210. The monoisotopic (exact) mass is 484 g/mol. The number of rotatable bonds is 7. The number of carbonyl (C=O) groups is 1. The Hall–Kier alpha value is -2.83. The molecule has 0 aliphatic carbocycles. The molecule has 0 fully saturated rings. The summed E-state index contributed by atoms with van der Waals surface area (Å²) in [5, 5.41) is 6.83. The zero-order valence-corrected chi connectivity index (χ0v) is 18.3. The molecule has 1 unspecified atom stereocenters. The molecule has 0 spiro atoms. The molecule has 1 atom stereocenters. The van der Waals surface area contributed by atoms with Crippen LogP contribution in [0.5, 0.6) is 0 Å². The van der Waals surface area contributed by atoms with Gasteiger partial charge in [0, 0.05) is 5.69 Å². The minimum Gasteiger partial charge on any atom is -0.325 e. The Morgan fingerprint density at radius 2 is 1.88 bits per heavy atom. The summed E-state index contributed by atoms with van der Waals surface area (Å²) < 4.78 is 63.6. The normalized spacial score (nSPS) is 13.0. The summed E-state index contributed by atoms with van der Waals surface area (Å²) in [5.41, 5.74) is 1.03. The lowest BCUT2D eigenvalue weighted by molar-refractivity contribution is -0.141. The van der Waals surface area contributed by atoms with E-state index >= 15 is 0 Å². The van der Waals surface area contributed by atoms with Gasteiger partial charge < -0.3 is 9.88 Å². The maximum absolute atomic E-state index is 13.2. The number of halogens is 3. The molecule has 0 bridgehead atoms. The minimum atomic E-state index is -4.49. The van der Waals surface area contributed by atoms with Crippen LogP contribution in [0.1, 0.15) is 6.92 Å². The van der Waals surface area contributed by atoms with Gasteiger partial charge in [-0.3, -0.25) is 4.79 Å². The van der Waals surface area contributed by atoms with Crippen molar-refractivity contribution in [2.45, 2.75) is 34.9 Å². The van der Waals surface area contributed by atoms with Crippen LogP contribution >= 0.6 is 11.8 Å². The molecule has 170 valence electrons. The van der Waals surface area contributed by atoms with E-state index in [0.717, 1.165) is 16.3 Å². The number of nitrogens with one attached hydrogen (secondary N) is 1. The van der Waals surface area contributed by atoms with Crippen LogP contribution in [-0.4, -0.2) is 35.3 Å². The van der Waals surface area contributed by atoms with E-state index in [4.69, 9.17) is 5.14 Å². The highest BCUT2D eigenvalue weighted by Gasteiger charge is 2.31. The number of hydrogen-bond donors (Lipinski definition) is 2. The highest BCUT2D eigenvalue weighted by molar-refractivity contribution is 8.00. The lowest BCUT2D eigenvalue weighted by Gasteiger charge is -2.16. The van der Waals surface area contributed by atoms with E-state index < -0.39 is 33.9 Å². The van der Waals surface area contributed by atoms with Crippen molar-refractivity contribution in [2.24, 2.45) is 5.14 Å². The second-order valence-electron chi connectivity index (χ2n) is 6.82. The van der Waals surface area contributed by atoms with Crippen LogP contribution in [0.4, 0.5) is 18.9 Å². The molecule has 3 aromatic rings. The van der Waals surface area contributed by atoms with Crippen molar-refractivity contribution in [3.8, 4) is 11.3 Å². The number of carbonyl (C=O) groups excluding carboxylic acids is 1. The number of primary sulfonamides is 1. The van der Waals surface area contributed by atoms with Gasteiger partial charge in [0.15, 0.2) is 5.16 Å². The van der Waals surface area contributed by atoms with Gasteiger partial charge in [0.25, 0.3) is 0 Å². The number of hydrogen-bond acceptors (Lipinski definition) is 5. The topological polar surface area (TPSA) is 107 Å². The van der Waals surface area contributed by atoms with Gasteiger partial charge in [0.2, 0.25) is 15.9 Å². The van der Waals surface area contributed by atoms with E-state index in [1.807, 2.05) is 0 Å². The minimum absolute atomic E-state index is 0.0297. The van der Waals surface area contributed by atoms with E-state index in [2.05, 4.69) is 10.3 Å². The van der Waals surface area contributed by atoms with E-state index in [0.29, 0.717) is 5.56 Å². The van der Waals surface area contributed by atoms with Crippen LogP contribution in [0.3, 0.4) is 0 Å². The van der Waals surface area contributed by atoms with Crippen molar-refractivity contribution in [1.82, 2.24) is 9.55 Å². The molecule has 0 aliphatic rings. The largest absolute Gasteiger partial charge is 0.406 e. The number of amides is 1. The summed E-state index contributed by atoms with van der Waals surface area (Å²) in [7, 11) is -3.95. The summed E-state index contributed by atoms with van der Waals surface area (Å²) >= 11 is 0.860. The van der Waals surface area contributed by atoms with Crippen molar-refractivity contribution in [3.63, 3.8) is 0 Å². The molecule has 1 amide bonds. The first-order chi connectivity index (χ1) is 14.9. The number of nitrogens with zero attached hydrogens (tertiary/aromatic N) is 2. The van der Waals surface area contributed by atoms with Crippen molar-refractivity contribution >= 4 is 33.4 Å². The molecular formula is C20H19F3N4O3S2. The standard InChI is InChI=1S/C20H19F3N4O3S2/c1-13(18(28)26-15-8-5-9-16(10-15)32(24,29)30)31-19-25-11-17(14-6-3-2-4-7-14)27(19)12-20(21,22)23/h2-11,13H,12H2,1H3,(H,26,28)(H2,24,29,30). The molecule has 3 N–H and O–H groups in total. The second kappa shape index (κ2) is 9.35. The third-order valence-electron chi connectivity index (χ3n) is 4.31. The summed E-state index contributed by atoms with van der Waals surface area (Å²) in [6.45, 7) is 0.253. The fraction of sp³-hybridized carbons (Fsp3) is 0.200. The van der Waals surface area contributed by atoms with Gasteiger partial charge in [-0.15, -0.1) is 0 Å². The Morgan fingerprint density at radius 1 is 1.19 bits per heavy atom. The average molecular weight is 485 g/mol. The van der Waals surface area contributed by atoms with Gasteiger partial charge in [-0.25, -0.2) is 18.5 Å². The fourth-order valence-electron chi connectivity index (χ4n) is 2.83. The van der Waals surface area contributed by atoms with Gasteiger partial charge in [0.1, 0.15) is 6.54 Å². The summed E-state index contributed by atoms with van der Waals surface area (Å²) in [5.74, 6) is -0.538. The number of anilines is 1. The third-order valence-corrected chi connectivity index (χ3v) is 6.32. The molecule has 0 saturated heterocycles. The number of alkyl halides is 3. The Balaban J connectivity index is 1.82. The van der Waals surface area contributed by atoms with E-state index in [1.54, 1.807) is 30.3 Å². The first-order valence-corrected chi connectivity index (χ1v) is 11.6. The third kappa shape index (κ3) is 6.11. The second-order valence-corrected chi connectivity index (χ2v) is 9.68. The molecule has 1 heterocycles. The first-order valence-electron chi connectivity index (χ1n) is 9.22. The molecule has 1 aromatic heterocycles. The highest BCUT2D eigenvalue weighted by atomic mass is 32.2. The summed E-state index contributed by atoms with van der Waals surface area (Å²) in [6, 6.07) is 13.9. The lowest BCUT2D eigenvalue weighted by Crippen LogP contribution is -2.24. The molecular weight excluding hydrogens is 465 g/mol. The number of thioether (sulfide) groups is 1. The van der Waals surface area contributed by atoms with Crippen LogP contribution in [0.2, 0.25) is 0 Å². The van der Waals surface area contributed by atoms with Crippen LogP contribution in [0, 0.1) is 0 Å².